The minimum absolute atomic E-state index is 0.693. The van der Waals surface area contributed by atoms with Gasteiger partial charge in [0.15, 0.2) is 0 Å². The lowest BCUT2D eigenvalue weighted by atomic mass is 10.1. The van der Waals surface area contributed by atoms with E-state index >= 15 is 0 Å². The van der Waals surface area contributed by atoms with Crippen molar-refractivity contribution in [2.45, 2.75) is 17.3 Å². The maximum absolute atomic E-state index is 2.47. The van der Waals surface area contributed by atoms with E-state index in [1.807, 2.05) is 0 Å². The summed E-state index contributed by atoms with van der Waals surface area (Å²) in [4.78, 5) is 2.17. The van der Waals surface area contributed by atoms with E-state index in [1.54, 1.807) is 0 Å². The summed E-state index contributed by atoms with van der Waals surface area (Å²) >= 11 is 2.47. The first-order chi connectivity index (χ1) is 6.11. The summed E-state index contributed by atoms with van der Waals surface area (Å²) in [5.41, 5.74) is 2.78. The van der Waals surface area contributed by atoms with Crippen molar-refractivity contribution in [2.75, 3.05) is 19.0 Å². The largest absolute Gasteiger partial charge is 0.377 e. The van der Waals surface area contributed by atoms with Crippen LogP contribution < -0.4 is 4.90 Å². The third-order valence-corrected chi connectivity index (χ3v) is 2.42. The number of anilines is 1. The van der Waals surface area contributed by atoms with Crippen LogP contribution in [0.15, 0.2) is 24.3 Å². The smallest absolute Gasteiger partial charge is 0.0393 e. The lowest BCUT2D eigenvalue weighted by molar-refractivity contribution is 0.961. The Balaban J connectivity index is 2.91. The Labute approximate surface area is 94.3 Å². The lowest BCUT2D eigenvalue weighted by Crippen LogP contribution is -2.12. The Morgan fingerprint density at radius 2 is 1.92 bits per heavy atom. The van der Waals surface area contributed by atoms with E-state index in [0.717, 1.165) is 6.42 Å². The standard InChI is InChI=1S/C11H16IN/c1-9(12)8-10-6-4-5-7-11(10)13(2)3/h4-7,9H,8H2,1-3H3. The number of para-hydroxylation sites is 1. The Kier molecular flexibility index (Phi) is 4.03. The van der Waals surface area contributed by atoms with Crippen LogP contribution in [0.25, 0.3) is 0 Å². The summed E-state index contributed by atoms with van der Waals surface area (Å²) in [6, 6.07) is 8.59. The number of alkyl halides is 1. The van der Waals surface area contributed by atoms with Crippen molar-refractivity contribution >= 4 is 28.3 Å². The zero-order valence-corrected chi connectivity index (χ0v) is 10.6. The second kappa shape index (κ2) is 4.84. The van der Waals surface area contributed by atoms with Gasteiger partial charge in [0, 0.05) is 23.7 Å². The van der Waals surface area contributed by atoms with Gasteiger partial charge in [0.2, 0.25) is 0 Å². The fraction of sp³-hybridized carbons (Fsp3) is 0.455. The minimum atomic E-state index is 0.693. The van der Waals surface area contributed by atoms with Crippen LogP contribution in [-0.4, -0.2) is 18.0 Å². The van der Waals surface area contributed by atoms with Gasteiger partial charge in [-0.1, -0.05) is 47.7 Å². The molecule has 0 aliphatic heterocycles. The van der Waals surface area contributed by atoms with Crippen LogP contribution in [0.2, 0.25) is 0 Å². The van der Waals surface area contributed by atoms with Crippen LogP contribution in [0.1, 0.15) is 12.5 Å². The van der Waals surface area contributed by atoms with E-state index < -0.39 is 0 Å². The number of hydrogen-bond donors (Lipinski definition) is 0. The molecule has 0 saturated carbocycles. The van der Waals surface area contributed by atoms with Gasteiger partial charge in [-0.2, -0.15) is 0 Å². The van der Waals surface area contributed by atoms with Gasteiger partial charge in [0.25, 0.3) is 0 Å². The van der Waals surface area contributed by atoms with E-state index in [1.165, 1.54) is 11.3 Å². The van der Waals surface area contributed by atoms with Gasteiger partial charge in [0.05, 0.1) is 0 Å². The molecule has 0 aromatic heterocycles. The maximum Gasteiger partial charge on any atom is 0.0393 e. The van der Waals surface area contributed by atoms with Gasteiger partial charge in [-0.25, -0.2) is 0 Å². The molecule has 1 aromatic carbocycles. The summed E-state index contributed by atoms with van der Waals surface area (Å²) in [7, 11) is 4.19. The molecule has 0 fully saturated rings. The molecule has 0 N–H and O–H groups in total. The normalized spacial score (nSPS) is 12.6. The predicted molar refractivity (Wildman–Crippen MR) is 68.0 cm³/mol. The number of rotatable bonds is 3. The first-order valence-electron chi connectivity index (χ1n) is 4.50. The Bertz CT molecular complexity index is 269. The Hall–Kier alpha value is -0.250. The van der Waals surface area contributed by atoms with Crippen LogP contribution in [0.5, 0.6) is 0 Å². The van der Waals surface area contributed by atoms with Crippen molar-refractivity contribution in [3.05, 3.63) is 29.8 Å². The number of benzene rings is 1. The van der Waals surface area contributed by atoms with Crippen molar-refractivity contribution < 1.29 is 0 Å². The molecular formula is C11H16IN. The third kappa shape index (κ3) is 3.18. The highest BCUT2D eigenvalue weighted by molar-refractivity contribution is 14.1. The Morgan fingerprint density at radius 3 is 2.46 bits per heavy atom. The van der Waals surface area contributed by atoms with E-state index in [4.69, 9.17) is 0 Å². The van der Waals surface area contributed by atoms with E-state index in [-0.39, 0.29) is 0 Å². The minimum Gasteiger partial charge on any atom is -0.377 e. The molecule has 0 amide bonds. The third-order valence-electron chi connectivity index (χ3n) is 1.97. The first-order valence-corrected chi connectivity index (χ1v) is 5.75. The van der Waals surface area contributed by atoms with Crippen molar-refractivity contribution in [1.82, 2.24) is 0 Å². The molecule has 72 valence electrons. The summed E-state index contributed by atoms with van der Waals surface area (Å²) in [6.45, 7) is 2.24. The molecule has 1 rings (SSSR count). The van der Waals surface area contributed by atoms with Crippen LogP contribution in [0, 0.1) is 0 Å². The monoisotopic (exact) mass is 289 g/mol. The molecule has 1 atom stereocenters. The van der Waals surface area contributed by atoms with Crippen LogP contribution in [0.3, 0.4) is 0 Å². The molecule has 1 unspecified atom stereocenters. The van der Waals surface area contributed by atoms with Crippen molar-refractivity contribution in [2.24, 2.45) is 0 Å². The molecule has 0 spiro atoms. The van der Waals surface area contributed by atoms with Gasteiger partial charge >= 0.3 is 0 Å². The summed E-state index contributed by atoms with van der Waals surface area (Å²) in [5, 5.41) is 0. The zero-order chi connectivity index (χ0) is 9.84. The number of halogens is 1. The molecular weight excluding hydrogens is 273 g/mol. The fourth-order valence-electron chi connectivity index (χ4n) is 1.42. The summed E-state index contributed by atoms with van der Waals surface area (Å²) in [5.74, 6) is 0. The van der Waals surface area contributed by atoms with Gasteiger partial charge < -0.3 is 4.90 Å². The van der Waals surface area contributed by atoms with Crippen molar-refractivity contribution in [3.63, 3.8) is 0 Å². The number of hydrogen-bond acceptors (Lipinski definition) is 1. The summed E-state index contributed by atoms with van der Waals surface area (Å²) < 4.78 is 0.693. The van der Waals surface area contributed by atoms with Gasteiger partial charge in [-0.05, 0) is 18.1 Å². The molecule has 1 aromatic rings. The first kappa shape index (κ1) is 10.8. The molecule has 0 aliphatic carbocycles. The molecule has 0 bridgehead atoms. The van der Waals surface area contributed by atoms with E-state index in [0.29, 0.717) is 3.92 Å². The average Bonchev–Trinajstić information content (AvgIpc) is 2.03. The molecule has 2 heteroatoms. The molecule has 0 heterocycles. The highest BCUT2D eigenvalue weighted by Crippen LogP contribution is 2.21. The van der Waals surface area contributed by atoms with Crippen LogP contribution in [-0.2, 0) is 6.42 Å². The highest BCUT2D eigenvalue weighted by atomic mass is 127. The van der Waals surface area contributed by atoms with Crippen molar-refractivity contribution in [3.8, 4) is 0 Å². The molecule has 0 radical (unpaired) electrons. The van der Waals surface area contributed by atoms with Gasteiger partial charge in [0.1, 0.15) is 0 Å². The van der Waals surface area contributed by atoms with Crippen molar-refractivity contribution in [1.29, 1.82) is 0 Å². The average molecular weight is 289 g/mol. The van der Waals surface area contributed by atoms with Gasteiger partial charge in [-0.15, -0.1) is 0 Å². The van der Waals surface area contributed by atoms with E-state index in [9.17, 15) is 0 Å². The van der Waals surface area contributed by atoms with Crippen LogP contribution in [0.4, 0.5) is 5.69 Å². The maximum atomic E-state index is 2.47. The molecule has 1 nitrogen and oxygen atoms in total. The van der Waals surface area contributed by atoms with Gasteiger partial charge in [-0.3, -0.25) is 0 Å². The zero-order valence-electron chi connectivity index (χ0n) is 8.42. The van der Waals surface area contributed by atoms with Crippen LogP contribution >= 0.6 is 22.6 Å². The highest BCUT2D eigenvalue weighted by Gasteiger charge is 2.05. The second-order valence-corrected chi connectivity index (χ2v) is 5.63. The summed E-state index contributed by atoms with van der Waals surface area (Å²) in [6.07, 6.45) is 1.15. The predicted octanol–water partition coefficient (Wildman–Crippen LogP) is 3.12. The molecule has 13 heavy (non-hydrogen) atoms. The Morgan fingerprint density at radius 1 is 1.31 bits per heavy atom. The fourth-order valence-corrected chi connectivity index (χ4v) is 1.90. The molecule has 0 aliphatic rings. The number of nitrogens with zero attached hydrogens (tertiary/aromatic N) is 1. The van der Waals surface area contributed by atoms with E-state index in [2.05, 4.69) is 72.8 Å². The SMILES string of the molecule is CC(I)Cc1ccccc1N(C)C. The topological polar surface area (TPSA) is 3.24 Å². The quantitative estimate of drug-likeness (QED) is 0.610. The lowest BCUT2D eigenvalue weighted by Gasteiger charge is -2.17. The molecule has 0 saturated heterocycles. The second-order valence-electron chi connectivity index (χ2n) is 3.51.